The first-order valence-corrected chi connectivity index (χ1v) is 9.64. The minimum absolute atomic E-state index is 0.0964. The second kappa shape index (κ2) is 6.73. The Balaban J connectivity index is 1.50. The second-order valence-corrected chi connectivity index (χ2v) is 7.69. The van der Waals surface area contributed by atoms with Crippen LogP contribution < -0.4 is 14.4 Å². The summed E-state index contributed by atoms with van der Waals surface area (Å²) in [6.45, 7) is 4.40. The van der Waals surface area contributed by atoms with E-state index in [1.165, 1.54) is 0 Å². The van der Waals surface area contributed by atoms with Crippen LogP contribution in [0.3, 0.4) is 0 Å². The van der Waals surface area contributed by atoms with Crippen molar-refractivity contribution in [1.29, 1.82) is 0 Å². The van der Waals surface area contributed by atoms with Gasteiger partial charge in [0, 0.05) is 36.2 Å². The molecule has 3 heterocycles. The number of fused-ring (bicyclic) bond motifs is 2. The molecule has 5 nitrogen and oxygen atoms in total. The molecule has 2 aromatic carbocycles. The molecule has 0 spiro atoms. The number of hydrogen-bond acceptors (Lipinski definition) is 5. The fourth-order valence-electron chi connectivity index (χ4n) is 4.21. The van der Waals surface area contributed by atoms with E-state index in [0.717, 1.165) is 32.0 Å². The van der Waals surface area contributed by atoms with E-state index in [2.05, 4.69) is 4.90 Å². The molecule has 2 aromatic rings. The highest BCUT2D eigenvalue weighted by Crippen LogP contribution is 2.38. The zero-order valence-electron chi connectivity index (χ0n) is 14.8. The van der Waals surface area contributed by atoms with E-state index in [9.17, 15) is 4.79 Å². The summed E-state index contributed by atoms with van der Waals surface area (Å²) in [6.07, 6.45) is 0. The third-order valence-electron chi connectivity index (χ3n) is 5.60. The molecule has 5 rings (SSSR count). The first-order valence-electron chi connectivity index (χ1n) is 9.26. The number of carbonyl (C=O) groups is 1. The van der Waals surface area contributed by atoms with Gasteiger partial charge in [0.05, 0.1) is 23.8 Å². The standard InChI is InChI=1S/C21H20ClNO4/c22-16-2-1-3-17(23-9-14-11-25-12-15(14)10-23)20(16)21(24)13-4-5-18-19(8-13)27-7-6-26-18/h1-5,8,14-15H,6-7,9-12H2/t14-,15+. The van der Waals surface area contributed by atoms with Crippen molar-refractivity contribution in [2.75, 3.05) is 44.4 Å². The number of rotatable bonds is 3. The van der Waals surface area contributed by atoms with Crippen molar-refractivity contribution in [2.45, 2.75) is 0 Å². The van der Waals surface area contributed by atoms with Crippen LogP contribution in [0, 0.1) is 11.8 Å². The van der Waals surface area contributed by atoms with Crippen molar-refractivity contribution in [3.63, 3.8) is 0 Å². The molecule has 0 bridgehead atoms. The number of anilines is 1. The van der Waals surface area contributed by atoms with Crippen molar-refractivity contribution in [3.8, 4) is 11.5 Å². The van der Waals surface area contributed by atoms with Gasteiger partial charge in [0.25, 0.3) is 0 Å². The molecule has 0 aliphatic carbocycles. The van der Waals surface area contributed by atoms with Crippen molar-refractivity contribution in [1.82, 2.24) is 0 Å². The lowest BCUT2D eigenvalue weighted by atomic mass is 10.00. The summed E-state index contributed by atoms with van der Waals surface area (Å²) in [4.78, 5) is 15.6. The topological polar surface area (TPSA) is 48.0 Å². The van der Waals surface area contributed by atoms with Crippen LogP contribution in [0.25, 0.3) is 0 Å². The highest BCUT2D eigenvalue weighted by Gasteiger charge is 2.38. The third-order valence-corrected chi connectivity index (χ3v) is 5.92. The van der Waals surface area contributed by atoms with Crippen LogP contribution >= 0.6 is 11.6 Å². The van der Waals surface area contributed by atoms with Crippen LogP contribution in [0.5, 0.6) is 11.5 Å². The summed E-state index contributed by atoms with van der Waals surface area (Å²) < 4.78 is 16.8. The van der Waals surface area contributed by atoms with Crippen LogP contribution in [0.1, 0.15) is 15.9 Å². The average Bonchev–Trinajstić information content (AvgIpc) is 3.29. The Hall–Kier alpha value is -2.24. The van der Waals surface area contributed by atoms with E-state index >= 15 is 0 Å². The van der Waals surface area contributed by atoms with Gasteiger partial charge in [0.1, 0.15) is 13.2 Å². The van der Waals surface area contributed by atoms with E-state index in [1.807, 2.05) is 12.1 Å². The first-order chi connectivity index (χ1) is 13.2. The molecule has 0 saturated carbocycles. The molecule has 0 unspecified atom stereocenters. The van der Waals surface area contributed by atoms with Crippen molar-refractivity contribution in [2.24, 2.45) is 11.8 Å². The Bertz CT molecular complexity index is 888. The number of hydrogen-bond donors (Lipinski definition) is 0. The summed E-state index contributed by atoms with van der Waals surface area (Å²) in [5, 5.41) is 0.473. The molecule has 27 heavy (non-hydrogen) atoms. The van der Waals surface area contributed by atoms with E-state index in [0.29, 0.717) is 52.7 Å². The molecular weight excluding hydrogens is 366 g/mol. The molecule has 2 atom stereocenters. The Morgan fingerprint density at radius 1 is 1.00 bits per heavy atom. The molecule has 2 fully saturated rings. The van der Waals surface area contributed by atoms with Gasteiger partial charge in [-0.25, -0.2) is 0 Å². The van der Waals surface area contributed by atoms with E-state index in [-0.39, 0.29) is 5.78 Å². The molecule has 0 amide bonds. The quantitative estimate of drug-likeness (QED) is 0.758. The number of benzene rings is 2. The second-order valence-electron chi connectivity index (χ2n) is 7.28. The van der Waals surface area contributed by atoms with Gasteiger partial charge in [0.15, 0.2) is 17.3 Å². The summed E-state index contributed by atoms with van der Waals surface area (Å²) in [5.74, 6) is 2.24. The predicted octanol–water partition coefficient (Wildman–Crippen LogP) is 3.42. The van der Waals surface area contributed by atoms with Gasteiger partial charge in [-0.05, 0) is 30.3 Å². The summed E-state index contributed by atoms with van der Waals surface area (Å²) in [6, 6.07) is 11.0. The Morgan fingerprint density at radius 2 is 1.74 bits per heavy atom. The maximum absolute atomic E-state index is 13.3. The molecule has 3 aliphatic rings. The van der Waals surface area contributed by atoms with Gasteiger partial charge in [-0.3, -0.25) is 4.79 Å². The predicted molar refractivity (Wildman–Crippen MR) is 102 cm³/mol. The Labute approximate surface area is 162 Å². The van der Waals surface area contributed by atoms with Gasteiger partial charge >= 0.3 is 0 Å². The zero-order chi connectivity index (χ0) is 18.4. The van der Waals surface area contributed by atoms with Gasteiger partial charge < -0.3 is 19.1 Å². The largest absolute Gasteiger partial charge is 0.486 e. The SMILES string of the molecule is O=C(c1ccc2c(c1)OCCO2)c1c(Cl)cccc1N1C[C@H]2COC[C@H]2C1. The lowest BCUT2D eigenvalue weighted by Gasteiger charge is -2.23. The molecule has 0 radical (unpaired) electrons. The van der Waals surface area contributed by atoms with Crippen molar-refractivity contribution in [3.05, 3.63) is 52.5 Å². The molecule has 0 N–H and O–H groups in total. The van der Waals surface area contributed by atoms with Gasteiger partial charge in [-0.2, -0.15) is 0 Å². The van der Waals surface area contributed by atoms with E-state index in [4.69, 9.17) is 25.8 Å². The monoisotopic (exact) mass is 385 g/mol. The number of ether oxygens (including phenoxy) is 3. The summed E-state index contributed by atoms with van der Waals surface area (Å²) >= 11 is 6.49. The molecular formula is C21H20ClNO4. The zero-order valence-corrected chi connectivity index (χ0v) is 15.6. The molecule has 140 valence electrons. The molecule has 2 saturated heterocycles. The number of ketones is 1. The number of carbonyl (C=O) groups excluding carboxylic acids is 1. The van der Waals surface area contributed by atoms with Gasteiger partial charge in [-0.15, -0.1) is 0 Å². The van der Waals surface area contributed by atoms with Crippen molar-refractivity contribution < 1.29 is 19.0 Å². The van der Waals surface area contributed by atoms with Crippen LogP contribution in [-0.2, 0) is 4.74 Å². The van der Waals surface area contributed by atoms with E-state index < -0.39 is 0 Å². The lowest BCUT2D eigenvalue weighted by molar-refractivity contribution is 0.103. The normalized spacial score (nSPS) is 23.4. The summed E-state index contributed by atoms with van der Waals surface area (Å²) in [5.41, 5.74) is 2.00. The van der Waals surface area contributed by atoms with Gasteiger partial charge in [0.2, 0.25) is 0 Å². The third kappa shape index (κ3) is 2.95. The Morgan fingerprint density at radius 3 is 2.52 bits per heavy atom. The van der Waals surface area contributed by atoms with Crippen LogP contribution in [0.2, 0.25) is 5.02 Å². The highest BCUT2D eigenvalue weighted by molar-refractivity contribution is 6.36. The molecule has 0 aromatic heterocycles. The smallest absolute Gasteiger partial charge is 0.196 e. The molecule has 6 heteroatoms. The lowest BCUT2D eigenvalue weighted by Crippen LogP contribution is -2.24. The van der Waals surface area contributed by atoms with Crippen LogP contribution in [0.15, 0.2) is 36.4 Å². The summed E-state index contributed by atoms with van der Waals surface area (Å²) in [7, 11) is 0. The fourth-order valence-corrected chi connectivity index (χ4v) is 4.47. The number of nitrogens with zero attached hydrogens (tertiary/aromatic N) is 1. The van der Waals surface area contributed by atoms with Crippen LogP contribution in [-0.4, -0.2) is 45.3 Å². The minimum Gasteiger partial charge on any atom is -0.486 e. The van der Waals surface area contributed by atoms with E-state index in [1.54, 1.807) is 24.3 Å². The fraction of sp³-hybridized carbons (Fsp3) is 0.381. The maximum Gasteiger partial charge on any atom is 0.196 e. The van der Waals surface area contributed by atoms with Gasteiger partial charge in [-0.1, -0.05) is 17.7 Å². The molecule has 3 aliphatic heterocycles. The average molecular weight is 386 g/mol. The minimum atomic E-state index is -0.0964. The first kappa shape index (κ1) is 16.9. The van der Waals surface area contributed by atoms with Crippen molar-refractivity contribution >= 4 is 23.1 Å². The number of halogens is 1. The Kier molecular flexibility index (Phi) is 4.21. The maximum atomic E-state index is 13.3. The van der Waals surface area contributed by atoms with Crippen LogP contribution in [0.4, 0.5) is 5.69 Å². The highest BCUT2D eigenvalue weighted by atomic mass is 35.5.